The van der Waals surface area contributed by atoms with Gasteiger partial charge in [0, 0.05) is 12.6 Å². The lowest BCUT2D eigenvalue weighted by Gasteiger charge is -2.14. The van der Waals surface area contributed by atoms with Crippen LogP contribution >= 0.6 is 0 Å². The summed E-state index contributed by atoms with van der Waals surface area (Å²) in [5.74, 6) is -0.562. The standard InChI is InChI=1S/C14H20FN3O2/c15-13-8-12(9-14(10-13)18(19)20)11-16-4-3-7-17-5-1-2-6-17/h8-10,16H,1-7,11H2. The van der Waals surface area contributed by atoms with E-state index in [1.807, 2.05) is 0 Å². The van der Waals surface area contributed by atoms with E-state index in [9.17, 15) is 14.5 Å². The van der Waals surface area contributed by atoms with E-state index in [0.29, 0.717) is 12.1 Å². The lowest BCUT2D eigenvalue weighted by Crippen LogP contribution is -2.24. The van der Waals surface area contributed by atoms with Gasteiger partial charge in [-0.25, -0.2) is 4.39 Å². The van der Waals surface area contributed by atoms with Crippen molar-refractivity contribution < 1.29 is 9.31 Å². The van der Waals surface area contributed by atoms with Gasteiger partial charge in [0.25, 0.3) is 5.69 Å². The van der Waals surface area contributed by atoms with Crippen molar-refractivity contribution in [1.29, 1.82) is 0 Å². The molecule has 0 aliphatic carbocycles. The maximum Gasteiger partial charge on any atom is 0.272 e. The Labute approximate surface area is 117 Å². The second kappa shape index (κ2) is 7.31. The van der Waals surface area contributed by atoms with Crippen molar-refractivity contribution in [2.24, 2.45) is 0 Å². The Hall–Kier alpha value is -1.53. The van der Waals surface area contributed by atoms with Crippen LogP contribution in [-0.4, -0.2) is 36.0 Å². The lowest BCUT2D eigenvalue weighted by atomic mass is 10.2. The van der Waals surface area contributed by atoms with E-state index < -0.39 is 10.7 Å². The molecule has 0 unspecified atom stereocenters. The normalized spacial score (nSPS) is 15.7. The average molecular weight is 281 g/mol. The maximum absolute atomic E-state index is 13.2. The summed E-state index contributed by atoms with van der Waals surface area (Å²) in [6, 6.07) is 3.69. The van der Waals surface area contributed by atoms with Crippen molar-refractivity contribution in [1.82, 2.24) is 10.2 Å². The van der Waals surface area contributed by atoms with Gasteiger partial charge >= 0.3 is 0 Å². The molecule has 0 saturated carbocycles. The van der Waals surface area contributed by atoms with Gasteiger partial charge in [-0.05, 0) is 57.1 Å². The summed E-state index contributed by atoms with van der Waals surface area (Å²) in [6.45, 7) is 4.75. The fraction of sp³-hybridized carbons (Fsp3) is 0.571. The average Bonchev–Trinajstić information content (AvgIpc) is 2.91. The van der Waals surface area contributed by atoms with E-state index in [4.69, 9.17) is 0 Å². The molecule has 1 fully saturated rings. The highest BCUT2D eigenvalue weighted by atomic mass is 19.1. The first-order valence-electron chi connectivity index (χ1n) is 7.02. The molecule has 0 spiro atoms. The minimum atomic E-state index is -0.569. The predicted octanol–water partition coefficient (Wildman–Crippen LogP) is 2.31. The van der Waals surface area contributed by atoms with Gasteiger partial charge in [-0.2, -0.15) is 0 Å². The molecule has 20 heavy (non-hydrogen) atoms. The summed E-state index contributed by atoms with van der Waals surface area (Å²) >= 11 is 0. The molecule has 5 nitrogen and oxygen atoms in total. The highest BCUT2D eigenvalue weighted by molar-refractivity contribution is 5.35. The van der Waals surface area contributed by atoms with E-state index in [2.05, 4.69) is 10.2 Å². The van der Waals surface area contributed by atoms with Crippen molar-refractivity contribution in [3.05, 3.63) is 39.7 Å². The number of likely N-dealkylation sites (tertiary alicyclic amines) is 1. The molecule has 1 aliphatic rings. The summed E-state index contributed by atoms with van der Waals surface area (Å²) < 4.78 is 13.2. The van der Waals surface area contributed by atoms with E-state index in [-0.39, 0.29) is 5.69 Å². The molecule has 1 aromatic carbocycles. The third-order valence-corrected chi connectivity index (χ3v) is 3.51. The van der Waals surface area contributed by atoms with Crippen LogP contribution in [0, 0.1) is 15.9 Å². The van der Waals surface area contributed by atoms with Crippen LogP contribution in [0.15, 0.2) is 18.2 Å². The zero-order chi connectivity index (χ0) is 14.4. The number of nitrogens with zero attached hydrogens (tertiary/aromatic N) is 2. The molecule has 6 heteroatoms. The fourth-order valence-electron chi connectivity index (χ4n) is 2.51. The molecule has 1 saturated heterocycles. The second-order valence-electron chi connectivity index (χ2n) is 5.15. The third-order valence-electron chi connectivity index (χ3n) is 3.51. The SMILES string of the molecule is O=[N+]([O-])c1cc(F)cc(CNCCCN2CCCC2)c1. The molecule has 2 rings (SSSR count). The summed E-state index contributed by atoms with van der Waals surface area (Å²) in [7, 11) is 0. The van der Waals surface area contributed by atoms with Crippen molar-refractivity contribution in [2.75, 3.05) is 26.2 Å². The van der Waals surface area contributed by atoms with Crippen molar-refractivity contribution in [3.63, 3.8) is 0 Å². The van der Waals surface area contributed by atoms with E-state index in [0.717, 1.165) is 25.6 Å². The highest BCUT2D eigenvalue weighted by Crippen LogP contribution is 2.16. The predicted molar refractivity (Wildman–Crippen MR) is 75.1 cm³/mol. The number of non-ortho nitro benzene ring substituents is 1. The smallest absolute Gasteiger partial charge is 0.272 e. The molecule has 0 bridgehead atoms. The Bertz CT molecular complexity index is 462. The first-order chi connectivity index (χ1) is 9.65. The summed E-state index contributed by atoms with van der Waals surface area (Å²) in [5.41, 5.74) is 0.414. The van der Waals surface area contributed by atoms with Crippen molar-refractivity contribution in [3.8, 4) is 0 Å². The minimum absolute atomic E-state index is 0.195. The Morgan fingerprint density at radius 1 is 1.30 bits per heavy atom. The summed E-state index contributed by atoms with van der Waals surface area (Å²) in [5, 5.41) is 13.8. The Balaban J connectivity index is 1.71. The Morgan fingerprint density at radius 3 is 2.75 bits per heavy atom. The molecule has 110 valence electrons. The van der Waals surface area contributed by atoms with Gasteiger partial charge in [-0.15, -0.1) is 0 Å². The number of nitro benzene ring substituents is 1. The van der Waals surface area contributed by atoms with E-state index in [1.54, 1.807) is 0 Å². The molecule has 1 heterocycles. The van der Waals surface area contributed by atoms with Crippen LogP contribution in [0.5, 0.6) is 0 Å². The van der Waals surface area contributed by atoms with Crippen LogP contribution in [0.1, 0.15) is 24.8 Å². The molecule has 0 radical (unpaired) electrons. The first kappa shape index (κ1) is 14.9. The van der Waals surface area contributed by atoms with Crippen molar-refractivity contribution in [2.45, 2.75) is 25.8 Å². The summed E-state index contributed by atoms with van der Waals surface area (Å²) in [6.07, 6.45) is 3.62. The Kier molecular flexibility index (Phi) is 5.43. The zero-order valence-electron chi connectivity index (χ0n) is 11.5. The Morgan fingerprint density at radius 2 is 2.05 bits per heavy atom. The lowest BCUT2D eigenvalue weighted by molar-refractivity contribution is -0.385. The van der Waals surface area contributed by atoms with Crippen LogP contribution in [0.3, 0.4) is 0 Å². The van der Waals surface area contributed by atoms with Crippen molar-refractivity contribution >= 4 is 5.69 Å². The summed E-state index contributed by atoms with van der Waals surface area (Å²) in [4.78, 5) is 12.5. The van der Waals surface area contributed by atoms with E-state index in [1.165, 1.54) is 38.1 Å². The van der Waals surface area contributed by atoms with Gasteiger partial charge in [0.15, 0.2) is 0 Å². The number of hydrogen-bond acceptors (Lipinski definition) is 4. The van der Waals surface area contributed by atoms with Gasteiger partial charge in [0.2, 0.25) is 0 Å². The van der Waals surface area contributed by atoms with Crippen LogP contribution in [0.2, 0.25) is 0 Å². The number of rotatable bonds is 7. The van der Waals surface area contributed by atoms with Gasteiger partial charge in [0.05, 0.1) is 11.0 Å². The number of hydrogen-bond donors (Lipinski definition) is 1. The molecular formula is C14H20FN3O2. The van der Waals surface area contributed by atoms with Crippen LogP contribution < -0.4 is 5.32 Å². The topological polar surface area (TPSA) is 58.4 Å². The molecule has 1 aliphatic heterocycles. The van der Waals surface area contributed by atoms with Gasteiger partial charge < -0.3 is 10.2 Å². The third kappa shape index (κ3) is 4.54. The molecule has 0 amide bonds. The monoisotopic (exact) mass is 281 g/mol. The fourth-order valence-corrected chi connectivity index (χ4v) is 2.51. The largest absolute Gasteiger partial charge is 0.313 e. The molecule has 0 atom stereocenters. The molecule has 0 aromatic heterocycles. The zero-order valence-corrected chi connectivity index (χ0v) is 11.5. The first-order valence-corrected chi connectivity index (χ1v) is 7.02. The van der Waals surface area contributed by atoms with Crippen LogP contribution in [0.4, 0.5) is 10.1 Å². The number of halogens is 1. The van der Waals surface area contributed by atoms with E-state index >= 15 is 0 Å². The van der Waals surface area contributed by atoms with Crippen LogP contribution in [0.25, 0.3) is 0 Å². The number of nitro groups is 1. The second-order valence-corrected chi connectivity index (χ2v) is 5.15. The highest BCUT2D eigenvalue weighted by Gasteiger charge is 2.11. The van der Waals surface area contributed by atoms with Gasteiger partial charge in [0.1, 0.15) is 5.82 Å². The van der Waals surface area contributed by atoms with Gasteiger partial charge in [-0.1, -0.05) is 0 Å². The minimum Gasteiger partial charge on any atom is -0.313 e. The maximum atomic E-state index is 13.2. The van der Waals surface area contributed by atoms with Crippen LogP contribution in [-0.2, 0) is 6.54 Å². The number of nitrogens with one attached hydrogen (secondary N) is 1. The number of benzene rings is 1. The van der Waals surface area contributed by atoms with Gasteiger partial charge in [-0.3, -0.25) is 10.1 Å². The molecule has 1 aromatic rings. The quantitative estimate of drug-likeness (QED) is 0.473. The molecular weight excluding hydrogens is 261 g/mol. The molecule has 1 N–H and O–H groups in total.